The Hall–Kier alpha value is -2.81. The van der Waals surface area contributed by atoms with Crippen LogP contribution in [-0.2, 0) is 4.79 Å². The van der Waals surface area contributed by atoms with Crippen LogP contribution in [0.5, 0.6) is 0 Å². The molecule has 1 aromatic heterocycles. The molecule has 2 heterocycles. The van der Waals surface area contributed by atoms with E-state index in [0.29, 0.717) is 44.2 Å². The third-order valence-corrected chi connectivity index (χ3v) is 4.54. The fourth-order valence-corrected chi connectivity index (χ4v) is 3.23. The number of anilines is 1. The predicted molar refractivity (Wildman–Crippen MR) is 103 cm³/mol. The van der Waals surface area contributed by atoms with E-state index >= 15 is 0 Å². The van der Waals surface area contributed by atoms with Crippen LogP contribution < -0.4 is 10.2 Å². The van der Waals surface area contributed by atoms with Crippen LogP contribution in [-0.4, -0.2) is 70.3 Å². The molecule has 9 heteroatoms. The second-order valence-corrected chi connectivity index (χ2v) is 7.19. The number of amides is 1. The second kappa shape index (κ2) is 8.47. The summed E-state index contributed by atoms with van der Waals surface area (Å²) in [6, 6.07) is 6.01. The quantitative estimate of drug-likeness (QED) is 0.750. The topological polar surface area (TPSA) is 83.4 Å². The van der Waals surface area contributed by atoms with E-state index in [0.717, 1.165) is 0 Å². The van der Waals surface area contributed by atoms with Crippen molar-refractivity contribution in [3.63, 3.8) is 0 Å². The van der Waals surface area contributed by atoms with Crippen molar-refractivity contribution in [1.29, 1.82) is 0 Å². The van der Waals surface area contributed by atoms with Gasteiger partial charge in [0.25, 0.3) is 0 Å². The van der Waals surface area contributed by atoms with Gasteiger partial charge in [0, 0.05) is 39.1 Å². The van der Waals surface area contributed by atoms with Crippen molar-refractivity contribution in [2.75, 3.05) is 37.6 Å². The minimum Gasteiger partial charge on any atom is -0.353 e. The molecule has 1 fully saturated rings. The molecule has 1 aromatic carbocycles. The number of nitrogens with zero attached hydrogens (tertiary/aromatic N) is 5. The lowest BCUT2D eigenvalue weighted by atomic mass is 10.2. The number of carbonyl (C=O) groups excluding carboxylic acids is 2. The molecule has 0 radical (unpaired) electrons. The lowest BCUT2D eigenvalue weighted by Crippen LogP contribution is -2.50. The number of Topliss-reactive ketones (excluding diaryl/α,β-unsaturated/α-hetero) is 1. The number of aromatic nitrogens is 3. The Balaban J connectivity index is 1.76. The van der Waals surface area contributed by atoms with Crippen LogP contribution in [0.2, 0.25) is 0 Å². The number of ketones is 1. The molecule has 0 bridgehead atoms. The SMILES string of the molecule is CC(=O)c1nnn(-c2ccc(F)cc2)c1N1CCN(CC(=O)NC(C)C)CC1. The molecule has 1 amide bonds. The van der Waals surface area contributed by atoms with Crippen LogP contribution in [0.15, 0.2) is 24.3 Å². The molecular weight excluding hydrogens is 363 g/mol. The number of nitrogens with one attached hydrogen (secondary N) is 1. The Labute approximate surface area is 163 Å². The highest BCUT2D eigenvalue weighted by molar-refractivity contribution is 5.97. The van der Waals surface area contributed by atoms with Crippen LogP contribution in [0.1, 0.15) is 31.3 Å². The van der Waals surface area contributed by atoms with Crippen molar-refractivity contribution in [3.05, 3.63) is 35.8 Å². The van der Waals surface area contributed by atoms with E-state index in [1.807, 2.05) is 18.7 Å². The molecule has 1 aliphatic heterocycles. The van der Waals surface area contributed by atoms with Gasteiger partial charge in [-0.25, -0.2) is 4.39 Å². The first-order chi connectivity index (χ1) is 13.3. The highest BCUT2D eigenvalue weighted by atomic mass is 19.1. The number of piperazine rings is 1. The molecular formula is C19H25FN6O2. The van der Waals surface area contributed by atoms with E-state index in [-0.39, 0.29) is 29.2 Å². The predicted octanol–water partition coefficient (Wildman–Crippen LogP) is 1.26. The summed E-state index contributed by atoms with van der Waals surface area (Å²) >= 11 is 0. The number of carbonyl (C=O) groups is 2. The van der Waals surface area contributed by atoms with Crippen LogP contribution in [0.25, 0.3) is 5.69 Å². The molecule has 2 aromatic rings. The van der Waals surface area contributed by atoms with Crippen LogP contribution in [0.4, 0.5) is 10.2 Å². The van der Waals surface area contributed by atoms with Crippen molar-refractivity contribution in [2.24, 2.45) is 0 Å². The summed E-state index contributed by atoms with van der Waals surface area (Å²) in [6.45, 7) is 8.28. The van der Waals surface area contributed by atoms with E-state index in [9.17, 15) is 14.0 Å². The number of halogens is 1. The molecule has 1 saturated heterocycles. The molecule has 1 N–H and O–H groups in total. The largest absolute Gasteiger partial charge is 0.353 e. The molecule has 1 aliphatic rings. The third-order valence-electron chi connectivity index (χ3n) is 4.54. The molecule has 0 atom stereocenters. The highest BCUT2D eigenvalue weighted by Crippen LogP contribution is 2.24. The Morgan fingerprint density at radius 3 is 2.36 bits per heavy atom. The van der Waals surface area contributed by atoms with E-state index in [4.69, 9.17) is 0 Å². The molecule has 28 heavy (non-hydrogen) atoms. The molecule has 3 rings (SSSR count). The number of hydrogen-bond donors (Lipinski definition) is 1. The first kappa shape index (κ1) is 19.9. The van der Waals surface area contributed by atoms with Crippen LogP contribution >= 0.6 is 0 Å². The lowest BCUT2D eigenvalue weighted by molar-refractivity contribution is -0.122. The maximum absolute atomic E-state index is 13.3. The summed E-state index contributed by atoms with van der Waals surface area (Å²) in [5.74, 6) is 0.0869. The maximum Gasteiger partial charge on any atom is 0.234 e. The summed E-state index contributed by atoms with van der Waals surface area (Å²) in [6.07, 6.45) is 0. The number of hydrogen-bond acceptors (Lipinski definition) is 6. The van der Waals surface area contributed by atoms with Crippen molar-refractivity contribution in [2.45, 2.75) is 26.8 Å². The van der Waals surface area contributed by atoms with Gasteiger partial charge in [-0.1, -0.05) is 5.21 Å². The average Bonchev–Trinajstić information content (AvgIpc) is 3.07. The smallest absolute Gasteiger partial charge is 0.234 e. The maximum atomic E-state index is 13.3. The monoisotopic (exact) mass is 388 g/mol. The van der Waals surface area contributed by atoms with Crippen molar-refractivity contribution in [3.8, 4) is 5.69 Å². The Kier molecular flexibility index (Phi) is 6.03. The summed E-state index contributed by atoms with van der Waals surface area (Å²) < 4.78 is 14.8. The zero-order chi connectivity index (χ0) is 20.3. The van der Waals surface area contributed by atoms with Crippen LogP contribution in [0.3, 0.4) is 0 Å². The molecule has 8 nitrogen and oxygen atoms in total. The Morgan fingerprint density at radius 1 is 1.14 bits per heavy atom. The van der Waals surface area contributed by atoms with Gasteiger partial charge in [0.1, 0.15) is 5.82 Å². The molecule has 0 unspecified atom stereocenters. The molecule has 0 saturated carbocycles. The number of benzene rings is 1. The van der Waals surface area contributed by atoms with Gasteiger partial charge in [-0.3, -0.25) is 14.5 Å². The summed E-state index contributed by atoms with van der Waals surface area (Å²) in [5, 5.41) is 11.1. The normalized spacial score (nSPS) is 15.1. The van der Waals surface area contributed by atoms with Gasteiger partial charge in [-0.05, 0) is 38.1 Å². The standard InChI is InChI=1S/C19H25FN6O2/c1-13(2)21-17(28)12-24-8-10-25(11-9-24)19-18(14(3)27)22-23-26(19)16-6-4-15(20)5-7-16/h4-7,13H,8-12H2,1-3H3,(H,21,28). The van der Waals surface area contributed by atoms with Gasteiger partial charge in [0.05, 0.1) is 12.2 Å². The fourth-order valence-electron chi connectivity index (χ4n) is 3.23. The van der Waals surface area contributed by atoms with Gasteiger partial charge in [0.15, 0.2) is 17.3 Å². The third kappa shape index (κ3) is 4.53. The van der Waals surface area contributed by atoms with Gasteiger partial charge in [0.2, 0.25) is 5.91 Å². The van der Waals surface area contributed by atoms with Gasteiger partial charge < -0.3 is 10.2 Å². The molecule has 0 aliphatic carbocycles. The summed E-state index contributed by atoms with van der Waals surface area (Å²) in [7, 11) is 0. The number of rotatable bonds is 6. The first-order valence-corrected chi connectivity index (χ1v) is 9.34. The summed E-state index contributed by atoms with van der Waals surface area (Å²) in [4.78, 5) is 28.1. The lowest BCUT2D eigenvalue weighted by Gasteiger charge is -2.35. The van der Waals surface area contributed by atoms with Crippen molar-refractivity contribution < 1.29 is 14.0 Å². The Morgan fingerprint density at radius 2 is 1.79 bits per heavy atom. The van der Waals surface area contributed by atoms with E-state index in [2.05, 4.69) is 20.5 Å². The first-order valence-electron chi connectivity index (χ1n) is 9.34. The van der Waals surface area contributed by atoms with E-state index in [1.165, 1.54) is 19.1 Å². The minimum absolute atomic E-state index is 0.00546. The van der Waals surface area contributed by atoms with E-state index in [1.54, 1.807) is 16.8 Å². The highest BCUT2D eigenvalue weighted by Gasteiger charge is 2.27. The zero-order valence-corrected chi connectivity index (χ0v) is 16.4. The van der Waals surface area contributed by atoms with Gasteiger partial charge >= 0.3 is 0 Å². The van der Waals surface area contributed by atoms with Gasteiger partial charge in [-0.15, -0.1) is 5.10 Å². The summed E-state index contributed by atoms with van der Waals surface area (Å²) in [5.41, 5.74) is 0.922. The van der Waals surface area contributed by atoms with Gasteiger partial charge in [-0.2, -0.15) is 4.68 Å². The average molecular weight is 388 g/mol. The van der Waals surface area contributed by atoms with E-state index < -0.39 is 0 Å². The second-order valence-electron chi connectivity index (χ2n) is 7.19. The van der Waals surface area contributed by atoms with Crippen molar-refractivity contribution >= 4 is 17.5 Å². The van der Waals surface area contributed by atoms with Crippen LogP contribution in [0, 0.1) is 5.82 Å². The van der Waals surface area contributed by atoms with Crippen molar-refractivity contribution in [1.82, 2.24) is 25.2 Å². The fraction of sp³-hybridized carbons (Fsp3) is 0.474. The molecule has 0 spiro atoms. The molecule has 150 valence electrons. The zero-order valence-electron chi connectivity index (χ0n) is 16.4. The Bertz CT molecular complexity index is 841. The minimum atomic E-state index is -0.342.